The van der Waals surface area contributed by atoms with E-state index in [0.29, 0.717) is 25.4 Å². The van der Waals surface area contributed by atoms with Gasteiger partial charge in [0.2, 0.25) is 0 Å². The summed E-state index contributed by atoms with van der Waals surface area (Å²) in [6.07, 6.45) is 8.55. The van der Waals surface area contributed by atoms with Gasteiger partial charge in [-0.05, 0) is 24.5 Å². The summed E-state index contributed by atoms with van der Waals surface area (Å²) in [4.78, 5) is 0. The van der Waals surface area contributed by atoms with Gasteiger partial charge in [0.25, 0.3) is 0 Å². The van der Waals surface area contributed by atoms with Crippen LogP contribution in [0.1, 0.15) is 11.1 Å². The highest BCUT2D eigenvalue weighted by Crippen LogP contribution is 2.22. The number of benzene rings is 1. The molecule has 0 atom stereocenters. The average Bonchev–Trinajstić information content (AvgIpc) is 2.44. The lowest BCUT2D eigenvalue weighted by atomic mass is 10.0. The topological polar surface area (TPSA) is 29.5 Å². The summed E-state index contributed by atoms with van der Waals surface area (Å²) in [6.45, 7) is 15.5. The fourth-order valence-corrected chi connectivity index (χ4v) is 1.58. The van der Waals surface area contributed by atoms with E-state index in [1.54, 1.807) is 24.3 Å². The molecule has 0 spiro atoms. The highest BCUT2D eigenvalue weighted by Gasteiger charge is 2.03. The summed E-state index contributed by atoms with van der Waals surface area (Å²) in [5, 5.41) is 9.57. The Balaban J connectivity index is 0.000000441. The molecule has 2 heteroatoms. The molecule has 2 nitrogen and oxygen atoms in total. The van der Waals surface area contributed by atoms with E-state index in [2.05, 4.69) is 26.3 Å². The van der Waals surface area contributed by atoms with Gasteiger partial charge in [-0.2, -0.15) is 0 Å². The summed E-state index contributed by atoms with van der Waals surface area (Å²) in [5.74, 6) is 0.347. The van der Waals surface area contributed by atoms with Crippen molar-refractivity contribution in [3.63, 3.8) is 0 Å². The molecule has 108 valence electrons. The number of phenolic OH excluding ortho intramolecular Hbond substituents is 1. The molecule has 0 heterocycles. The second-order valence-corrected chi connectivity index (χ2v) is 4.02. The van der Waals surface area contributed by atoms with Crippen molar-refractivity contribution in [2.75, 3.05) is 13.2 Å². The molecule has 1 aromatic rings. The van der Waals surface area contributed by atoms with Crippen LogP contribution in [0.15, 0.2) is 68.8 Å². The van der Waals surface area contributed by atoms with Crippen LogP contribution in [0.4, 0.5) is 0 Å². The van der Waals surface area contributed by atoms with E-state index in [9.17, 15) is 5.11 Å². The van der Waals surface area contributed by atoms with Crippen LogP contribution in [0.25, 0.3) is 0 Å². The number of aromatic hydroxyl groups is 1. The van der Waals surface area contributed by atoms with E-state index in [0.717, 1.165) is 17.5 Å². The maximum absolute atomic E-state index is 9.57. The summed E-state index contributed by atoms with van der Waals surface area (Å²) in [6, 6.07) is 5.55. The largest absolute Gasteiger partial charge is 0.508 e. The number of rotatable bonds is 8. The van der Waals surface area contributed by atoms with E-state index in [-0.39, 0.29) is 0 Å². The first-order valence-electron chi connectivity index (χ1n) is 6.52. The van der Waals surface area contributed by atoms with Gasteiger partial charge in [0.05, 0.1) is 13.2 Å². The van der Waals surface area contributed by atoms with Crippen LogP contribution in [-0.4, -0.2) is 18.3 Å². The molecular weight excluding hydrogens is 248 g/mol. The average molecular weight is 272 g/mol. The molecule has 0 saturated heterocycles. The van der Waals surface area contributed by atoms with Crippen molar-refractivity contribution >= 4 is 0 Å². The molecule has 0 aromatic heterocycles. The first-order valence-corrected chi connectivity index (χ1v) is 6.52. The Morgan fingerprint density at radius 2 is 1.50 bits per heavy atom. The molecule has 1 N–H and O–H groups in total. The van der Waals surface area contributed by atoms with E-state index in [1.165, 1.54) is 0 Å². The Hall–Kier alpha value is -2.06. The zero-order valence-corrected chi connectivity index (χ0v) is 12.1. The third-order valence-electron chi connectivity index (χ3n) is 2.43. The van der Waals surface area contributed by atoms with Crippen molar-refractivity contribution in [1.29, 1.82) is 0 Å². The molecule has 0 aliphatic heterocycles. The second kappa shape index (κ2) is 12.0. The molecule has 0 fully saturated rings. The molecule has 0 aliphatic carbocycles. The fraction of sp³-hybridized carbons (Fsp3) is 0.222. The van der Waals surface area contributed by atoms with Crippen LogP contribution < -0.4 is 0 Å². The van der Waals surface area contributed by atoms with E-state index >= 15 is 0 Å². The van der Waals surface area contributed by atoms with Gasteiger partial charge in [-0.3, -0.25) is 0 Å². The van der Waals surface area contributed by atoms with Crippen LogP contribution in [0.2, 0.25) is 0 Å². The fourth-order valence-electron chi connectivity index (χ4n) is 1.58. The van der Waals surface area contributed by atoms with Crippen molar-refractivity contribution in [2.45, 2.75) is 12.8 Å². The Labute approximate surface area is 122 Å². The van der Waals surface area contributed by atoms with Gasteiger partial charge in [0, 0.05) is 5.56 Å². The number of ether oxygens (including phenoxy) is 1. The van der Waals surface area contributed by atoms with Crippen molar-refractivity contribution in [2.24, 2.45) is 0 Å². The van der Waals surface area contributed by atoms with Crippen molar-refractivity contribution in [1.82, 2.24) is 0 Å². The summed E-state index contributed by atoms with van der Waals surface area (Å²) in [7, 11) is 0. The molecule has 0 aliphatic rings. The molecule has 20 heavy (non-hydrogen) atoms. The van der Waals surface area contributed by atoms with Crippen LogP contribution in [-0.2, 0) is 17.6 Å². The summed E-state index contributed by atoms with van der Waals surface area (Å²) in [5.41, 5.74) is 2.08. The molecule has 1 rings (SSSR count). The summed E-state index contributed by atoms with van der Waals surface area (Å²) >= 11 is 0. The Morgan fingerprint density at radius 3 is 2.00 bits per heavy atom. The minimum atomic E-state index is 0.347. The normalized spacial score (nSPS) is 9.00. The molecule has 0 unspecified atom stereocenters. The van der Waals surface area contributed by atoms with Crippen molar-refractivity contribution in [3.8, 4) is 5.75 Å². The Kier molecular flexibility index (Phi) is 10.8. The third-order valence-corrected chi connectivity index (χ3v) is 2.43. The highest BCUT2D eigenvalue weighted by atomic mass is 16.5. The number of phenols is 1. The SMILES string of the molecule is C=CCOCC=C.C=CCc1cccc(O)c1CC=C. The Bertz CT molecular complexity index is 425. The molecule has 0 bridgehead atoms. The quantitative estimate of drug-likeness (QED) is 0.567. The van der Waals surface area contributed by atoms with Gasteiger partial charge in [0.1, 0.15) is 5.75 Å². The van der Waals surface area contributed by atoms with Crippen LogP contribution in [0.5, 0.6) is 5.75 Å². The van der Waals surface area contributed by atoms with E-state index in [1.807, 2.05) is 18.2 Å². The van der Waals surface area contributed by atoms with E-state index in [4.69, 9.17) is 4.74 Å². The number of hydrogen-bond acceptors (Lipinski definition) is 2. The summed E-state index contributed by atoms with van der Waals surface area (Å²) < 4.78 is 4.90. The Morgan fingerprint density at radius 1 is 0.900 bits per heavy atom. The van der Waals surface area contributed by atoms with Crippen LogP contribution in [0, 0.1) is 0 Å². The molecule has 1 aromatic carbocycles. The first-order chi connectivity index (χ1) is 9.71. The molecule has 0 radical (unpaired) electrons. The van der Waals surface area contributed by atoms with Crippen molar-refractivity contribution < 1.29 is 9.84 Å². The smallest absolute Gasteiger partial charge is 0.119 e. The van der Waals surface area contributed by atoms with Crippen LogP contribution >= 0.6 is 0 Å². The standard InChI is InChI=1S/C12H14O.C6H10O/c1-3-6-10-8-5-9-12(13)11(10)7-4-2;1-3-5-7-6-4-2/h3-5,8-9,13H,1-2,6-7H2;3-4H,1-2,5-6H2. The molecule has 0 saturated carbocycles. The molecule has 0 amide bonds. The minimum Gasteiger partial charge on any atom is -0.508 e. The van der Waals surface area contributed by atoms with Gasteiger partial charge in [0.15, 0.2) is 0 Å². The first kappa shape index (κ1) is 17.9. The zero-order valence-electron chi connectivity index (χ0n) is 12.1. The van der Waals surface area contributed by atoms with Gasteiger partial charge in [-0.1, -0.05) is 36.4 Å². The second-order valence-electron chi connectivity index (χ2n) is 4.02. The van der Waals surface area contributed by atoms with Gasteiger partial charge < -0.3 is 9.84 Å². The number of allylic oxidation sites excluding steroid dienone is 2. The zero-order chi connectivity index (χ0) is 15.2. The third kappa shape index (κ3) is 7.39. The van der Waals surface area contributed by atoms with E-state index < -0.39 is 0 Å². The predicted octanol–water partition coefficient (Wildman–Crippen LogP) is 4.22. The lowest BCUT2D eigenvalue weighted by Crippen LogP contribution is -1.91. The lowest BCUT2D eigenvalue weighted by molar-refractivity contribution is 0.194. The minimum absolute atomic E-state index is 0.347. The monoisotopic (exact) mass is 272 g/mol. The maximum atomic E-state index is 9.57. The lowest BCUT2D eigenvalue weighted by Gasteiger charge is -2.07. The van der Waals surface area contributed by atoms with Gasteiger partial charge in [-0.15, -0.1) is 26.3 Å². The van der Waals surface area contributed by atoms with Crippen molar-refractivity contribution in [3.05, 3.63) is 79.9 Å². The highest BCUT2D eigenvalue weighted by molar-refractivity contribution is 5.41. The van der Waals surface area contributed by atoms with Gasteiger partial charge in [-0.25, -0.2) is 0 Å². The molecular formula is C18H24O2. The van der Waals surface area contributed by atoms with Gasteiger partial charge >= 0.3 is 0 Å². The van der Waals surface area contributed by atoms with Crippen LogP contribution in [0.3, 0.4) is 0 Å². The number of hydrogen-bond donors (Lipinski definition) is 1. The maximum Gasteiger partial charge on any atom is 0.119 e. The predicted molar refractivity (Wildman–Crippen MR) is 87.1 cm³/mol.